The van der Waals surface area contributed by atoms with Crippen molar-refractivity contribution in [2.75, 3.05) is 5.32 Å². The van der Waals surface area contributed by atoms with E-state index in [0.29, 0.717) is 11.6 Å². The topological polar surface area (TPSA) is 75.1 Å². The van der Waals surface area contributed by atoms with E-state index in [2.05, 4.69) is 16.4 Å². The summed E-state index contributed by atoms with van der Waals surface area (Å²) in [5, 5.41) is 13.3. The van der Waals surface area contributed by atoms with E-state index in [1.165, 1.54) is 0 Å². The number of fused-ring (bicyclic) bond motifs is 1. The molecule has 3 aromatic carbocycles. The number of aromatic carboxylic acids is 1. The van der Waals surface area contributed by atoms with Crippen LogP contribution in [0.1, 0.15) is 15.9 Å². The zero-order valence-electron chi connectivity index (χ0n) is 14.7. The molecule has 0 saturated heterocycles. The maximum atomic E-state index is 11.2. The smallest absolute Gasteiger partial charge is 0.335 e. The molecule has 0 fully saturated rings. The molecule has 1 heterocycles. The van der Waals surface area contributed by atoms with Gasteiger partial charge >= 0.3 is 5.97 Å². The summed E-state index contributed by atoms with van der Waals surface area (Å²) in [6, 6.07) is 22.6. The third-order valence-corrected chi connectivity index (χ3v) is 4.26. The number of benzene rings is 3. The van der Waals surface area contributed by atoms with E-state index in [-0.39, 0.29) is 5.56 Å². The second-order valence-corrected chi connectivity index (χ2v) is 6.29. The first-order valence-corrected chi connectivity index (χ1v) is 8.54. The summed E-state index contributed by atoms with van der Waals surface area (Å²) in [5.74, 6) is -0.550. The summed E-state index contributed by atoms with van der Waals surface area (Å²) >= 11 is 0. The molecule has 27 heavy (non-hydrogen) atoms. The van der Waals surface area contributed by atoms with E-state index < -0.39 is 5.97 Å². The Bertz CT molecular complexity index is 1140. The van der Waals surface area contributed by atoms with Gasteiger partial charge in [-0.1, -0.05) is 48.0 Å². The average Bonchev–Trinajstić information content (AvgIpc) is 2.68. The molecule has 0 radical (unpaired) electrons. The van der Waals surface area contributed by atoms with Crippen molar-refractivity contribution in [3.05, 3.63) is 83.9 Å². The standard InChI is InChI=1S/C22H17N3O2/c1-14-10-11-19-18(12-14)20(15-6-3-2-4-7-15)25-22(24-19)23-17-9-5-8-16(13-17)21(26)27/h2-13H,1H3,(H,26,27)(H,23,24,25). The molecule has 0 amide bonds. The van der Waals surface area contributed by atoms with E-state index in [1.807, 2.05) is 49.4 Å². The zero-order chi connectivity index (χ0) is 18.8. The summed E-state index contributed by atoms with van der Waals surface area (Å²) in [4.78, 5) is 20.5. The summed E-state index contributed by atoms with van der Waals surface area (Å²) in [5.41, 5.74) is 4.63. The summed E-state index contributed by atoms with van der Waals surface area (Å²) in [6.07, 6.45) is 0. The molecule has 0 aliphatic rings. The van der Waals surface area contributed by atoms with Crippen molar-refractivity contribution in [3.63, 3.8) is 0 Å². The highest BCUT2D eigenvalue weighted by Crippen LogP contribution is 2.29. The molecule has 132 valence electrons. The molecule has 0 aliphatic heterocycles. The van der Waals surface area contributed by atoms with Crippen LogP contribution in [0.15, 0.2) is 72.8 Å². The zero-order valence-corrected chi connectivity index (χ0v) is 14.7. The predicted molar refractivity (Wildman–Crippen MR) is 106 cm³/mol. The first-order chi connectivity index (χ1) is 13.1. The SMILES string of the molecule is Cc1ccc2nc(Nc3cccc(C(=O)O)c3)nc(-c3ccccc3)c2c1. The van der Waals surface area contributed by atoms with Gasteiger partial charge in [-0.15, -0.1) is 0 Å². The van der Waals surface area contributed by atoms with Gasteiger partial charge in [0, 0.05) is 16.6 Å². The molecule has 0 bridgehead atoms. The van der Waals surface area contributed by atoms with Crippen LogP contribution in [-0.2, 0) is 0 Å². The molecule has 2 N–H and O–H groups in total. The highest BCUT2D eigenvalue weighted by Gasteiger charge is 2.11. The highest BCUT2D eigenvalue weighted by molar-refractivity contribution is 5.94. The molecule has 0 spiro atoms. The second-order valence-electron chi connectivity index (χ2n) is 6.29. The maximum Gasteiger partial charge on any atom is 0.335 e. The maximum absolute atomic E-state index is 11.2. The lowest BCUT2D eigenvalue weighted by Crippen LogP contribution is -2.02. The minimum Gasteiger partial charge on any atom is -0.478 e. The molecule has 0 atom stereocenters. The van der Waals surface area contributed by atoms with E-state index in [9.17, 15) is 9.90 Å². The van der Waals surface area contributed by atoms with Crippen LogP contribution in [0.3, 0.4) is 0 Å². The minimum absolute atomic E-state index is 0.208. The van der Waals surface area contributed by atoms with Crippen molar-refractivity contribution in [2.24, 2.45) is 0 Å². The van der Waals surface area contributed by atoms with E-state index in [4.69, 9.17) is 4.98 Å². The molecule has 4 rings (SSSR count). The van der Waals surface area contributed by atoms with Crippen LogP contribution in [0.25, 0.3) is 22.2 Å². The lowest BCUT2D eigenvalue weighted by atomic mass is 10.0. The van der Waals surface area contributed by atoms with Gasteiger partial charge in [-0.3, -0.25) is 0 Å². The number of aromatic nitrogens is 2. The van der Waals surface area contributed by atoms with Gasteiger partial charge in [-0.2, -0.15) is 0 Å². The Labute approximate surface area is 156 Å². The number of nitrogens with one attached hydrogen (secondary N) is 1. The van der Waals surface area contributed by atoms with Crippen LogP contribution < -0.4 is 5.32 Å². The fourth-order valence-electron chi connectivity index (χ4n) is 2.97. The third kappa shape index (κ3) is 3.48. The largest absolute Gasteiger partial charge is 0.478 e. The monoisotopic (exact) mass is 355 g/mol. The van der Waals surface area contributed by atoms with Crippen molar-refractivity contribution >= 4 is 28.5 Å². The van der Waals surface area contributed by atoms with Gasteiger partial charge in [0.1, 0.15) is 0 Å². The number of carboxylic acid groups (broad SMARTS) is 1. The molecule has 0 saturated carbocycles. The highest BCUT2D eigenvalue weighted by atomic mass is 16.4. The van der Waals surface area contributed by atoms with Crippen LogP contribution in [0.4, 0.5) is 11.6 Å². The number of hydrogen-bond donors (Lipinski definition) is 2. The fraction of sp³-hybridized carbons (Fsp3) is 0.0455. The Morgan fingerprint density at radius 1 is 0.926 bits per heavy atom. The number of nitrogens with zero attached hydrogens (tertiary/aromatic N) is 2. The van der Waals surface area contributed by atoms with Gasteiger partial charge < -0.3 is 10.4 Å². The van der Waals surface area contributed by atoms with Crippen LogP contribution in [-0.4, -0.2) is 21.0 Å². The first kappa shape index (κ1) is 16.7. The Balaban J connectivity index is 1.84. The summed E-state index contributed by atoms with van der Waals surface area (Å²) in [6.45, 7) is 2.04. The van der Waals surface area contributed by atoms with Crippen LogP contribution in [0, 0.1) is 6.92 Å². The van der Waals surface area contributed by atoms with Gasteiger partial charge in [0.2, 0.25) is 5.95 Å². The van der Waals surface area contributed by atoms with Crippen molar-refractivity contribution in [1.82, 2.24) is 9.97 Å². The number of carbonyl (C=O) groups is 1. The molecule has 0 unspecified atom stereocenters. The minimum atomic E-state index is -0.974. The average molecular weight is 355 g/mol. The number of aryl methyl sites for hydroxylation is 1. The lowest BCUT2D eigenvalue weighted by molar-refractivity contribution is 0.0697. The quantitative estimate of drug-likeness (QED) is 0.536. The number of hydrogen-bond acceptors (Lipinski definition) is 4. The van der Waals surface area contributed by atoms with Crippen LogP contribution >= 0.6 is 0 Å². The van der Waals surface area contributed by atoms with Gasteiger partial charge in [0.05, 0.1) is 16.8 Å². The number of carboxylic acids is 1. The summed E-state index contributed by atoms with van der Waals surface area (Å²) in [7, 11) is 0. The van der Waals surface area contributed by atoms with Crippen LogP contribution in [0.5, 0.6) is 0 Å². The fourth-order valence-corrected chi connectivity index (χ4v) is 2.97. The van der Waals surface area contributed by atoms with E-state index >= 15 is 0 Å². The molecular formula is C22H17N3O2. The third-order valence-electron chi connectivity index (χ3n) is 4.26. The van der Waals surface area contributed by atoms with Gasteiger partial charge in [0.25, 0.3) is 0 Å². The Morgan fingerprint density at radius 2 is 1.74 bits per heavy atom. The predicted octanol–water partition coefficient (Wildman–Crippen LogP) is 5.05. The lowest BCUT2D eigenvalue weighted by Gasteiger charge is -2.11. The molecule has 1 aromatic heterocycles. The molecular weight excluding hydrogens is 338 g/mol. The Kier molecular flexibility index (Phi) is 4.26. The van der Waals surface area contributed by atoms with Crippen molar-refractivity contribution in [3.8, 4) is 11.3 Å². The first-order valence-electron chi connectivity index (χ1n) is 8.54. The summed E-state index contributed by atoms with van der Waals surface area (Å²) < 4.78 is 0. The normalized spacial score (nSPS) is 10.7. The molecule has 0 aliphatic carbocycles. The van der Waals surface area contributed by atoms with E-state index in [1.54, 1.807) is 24.3 Å². The van der Waals surface area contributed by atoms with Gasteiger partial charge in [-0.25, -0.2) is 14.8 Å². The van der Waals surface area contributed by atoms with Crippen molar-refractivity contribution < 1.29 is 9.90 Å². The second kappa shape index (κ2) is 6.88. The number of anilines is 2. The van der Waals surface area contributed by atoms with Crippen LogP contribution in [0.2, 0.25) is 0 Å². The molecule has 4 aromatic rings. The molecule has 5 nitrogen and oxygen atoms in total. The van der Waals surface area contributed by atoms with Gasteiger partial charge in [0.15, 0.2) is 0 Å². The number of rotatable bonds is 4. The Hall–Kier alpha value is -3.73. The van der Waals surface area contributed by atoms with Crippen molar-refractivity contribution in [1.29, 1.82) is 0 Å². The Morgan fingerprint density at radius 3 is 2.52 bits per heavy atom. The van der Waals surface area contributed by atoms with Gasteiger partial charge in [-0.05, 0) is 37.3 Å². The molecule has 5 heteroatoms. The van der Waals surface area contributed by atoms with Crippen molar-refractivity contribution in [2.45, 2.75) is 6.92 Å². The van der Waals surface area contributed by atoms with E-state index in [0.717, 1.165) is 27.7 Å².